The van der Waals surface area contributed by atoms with Crippen LogP contribution in [0.25, 0.3) is 5.65 Å². The molecule has 1 radical (unpaired) electrons. The molecular weight excluding hydrogens is 243 g/mol. The monoisotopic (exact) mass is 249 g/mol. The topological polar surface area (TPSA) is 17.3 Å². The van der Waals surface area contributed by atoms with Crippen molar-refractivity contribution >= 4 is 5.65 Å². The normalized spacial score (nSPS) is 12.6. The minimum Gasteiger partial charge on any atom is -0.298 e. The molecule has 2 aromatic rings. The second-order valence-electron chi connectivity index (χ2n) is 3.47. The number of alkyl halides is 3. The highest BCUT2D eigenvalue weighted by molar-refractivity contribution is 5.45. The minimum atomic E-state index is -4.57. The molecule has 0 spiro atoms. The number of pyridine rings is 1. The van der Waals surface area contributed by atoms with Gasteiger partial charge in [0.1, 0.15) is 11.7 Å². The van der Waals surface area contributed by atoms with Gasteiger partial charge in [0.05, 0.1) is 11.9 Å². The number of fused-ring (bicyclic) bond motifs is 1. The van der Waals surface area contributed by atoms with Gasteiger partial charge < -0.3 is 0 Å². The van der Waals surface area contributed by atoms with Crippen molar-refractivity contribution in [1.82, 2.24) is 9.38 Å². The Labute approximate surface area is 92.7 Å². The van der Waals surface area contributed by atoms with E-state index in [9.17, 15) is 22.0 Å². The average Bonchev–Trinajstić information content (AvgIpc) is 2.58. The third-order valence-electron chi connectivity index (χ3n) is 2.34. The molecule has 0 fully saturated rings. The first-order valence-corrected chi connectivity index (χ1v) is 4.54. The van der Waals surface area contributed by atoms with Gasteiger partial charge in [0.25, 0.3) is 0 Å². The molecule has 2 nitrogen and oxygen atoms in total. The van der Waals surface area contributed by atoms with Crippen LogP contribution in [-0.2, 0) is 0 Å². The van der Waals surface area contributed by atoms with Crippen LogP contribution < -0.4 is 0 Å². The molecule has 0 aromatic carbocycles. The zero-order valence-electron chi connectivity index (χ0n) is 8.52. The van der Waals surface area contributed by atoms with Crippen LogP contribution in [0.2, 0.25) is 0 Å². The van der Waals surface area contributed by atoms with Gasteiger partial charge in [0, 0.05) is 12.3 Å². The number of hydrogen-bond donors (Lipinski definition) is 0. The molecule has 0 aliphatic heterocycles. The smallest absolute Gasteiger partial charge is 0.298 e. The molecule has 0 amide bonds. The molecule has 2 heterocycles. The SMILES string of the molecule is C[C](c1cnc2c(F)cc(F)cn12)C(F)(F)F. The van der Waals surface area contributed by atoms with Crippen molar-refractivity contribution in [3.05, 3.63) is 41.7 Å². The van der Waals surface area contributed by atoms with E-state index in [-0.39, 0.29) is 11.3 Å². The van der Waals surface area contributed by atoms with Crippen LogP contribution in [0.5, 0.6) is 0 Å². The number of rotatable bonds is 1. The Bertz CT molecular complexity index is 558. The summed E-state index contributed by atoms with van der Waals surface area (Å²) in [5, 5.41) is 0. The molecule has 0 saturated heterocycles. The largest absolute Gasteiger partial charge is 0.400 e. The maximum absolute atomic E-state index is 13.2. The predicted molar refractivity (Wildman–Crippen MR) is 49.2 cm³/mol. The third kappa shape index (κ3) is 1.96. The lowest BCUT2D eigenvalue weighted by molar-refractivity contribution is -0.108. The summed E-state index contributed by atoms with van der Waals surface area (Å²) in [6.45, 7) is 0.826. The van der Waals surface area contributed by atoms with Crippen molar-refractivity contribution in [3.8, 4) is 0 Å². The van der Waals surface area contributed by atoms with Gasteiger partial charge in [-0.25, -0.2) is 13.8 Å². The fourth-order valence-electron chi connectivity index (χ4n) is 1.44. The second-order valence-corrected chi connectivity index (χ2v) is 3.47. The van der Waals surface area contributed by atoms with Gasteiger partial charge in [0.15, 0.2) is 11.5 Å². The standard InChI is InChI=1S/C10H6F5N2/c1-5(10(13,14)15)8-3-16-9-7(12)2-6(11)4-17(8)9/h2-4H,1H3. The highest BCUT2D eigenvalue weighted by atomic mass is 19.4. The van der Waals surface area contributed by atoms with E-state index in [1.807, 2.05) is 0 Å². The van der Waals surface area contributed by atoms with Crippen LogP contribution in [0.3, 0.4) is 0 Å². The Morgan fingerprint density at radius 3 is 2.53 bits per heavy atom. The zero-order chi connectivity index (χ0) is 12.8. The quantitative estimate of drug-likeness (QED) is 0.710. The molecule has 0 aliphatic rings. The van der Waals surface area contributed by atoms with E-state index in [4.69, 9.17) is 0 Å². The van der Waals surface area contributed by atoms with Gasteiger partial charge in [-0.05, 0) is 6.92 Å². The summed E-state index contributed by atoms with van der Waals surface area (Å²) in [5.41, 5.74) is -0.726. The van der Waals surface area contributed by atoms with Crippen molar-refractivity contribution in [2.24, 2.45) is 0 Å². The van der Waals surface area contributed by atoms with Gasteiger partial charge in [-0.1, -0.05) is 0 Å². The van der Waals surface area contributed by atoms with Crippen LogP contribution in [0.1, 0.15) is 12.6 Å². The van der Waals surface area contributed by atoms with E-state index in [0.29, 0.717) is 6.07 Å². The van der Waals surface area contributed by atoms with E-state index in [1.165, 1.54) is 0 Å². The fourth-order valence-corrected chi connectivity index (χ4v) is 1.44. The molecular formula is C10H6F5N2. The van der Waals surface area contributed by atoms with Gasteiger partial charge in [-0.15, -0.1) is 0 Å². The lowest BCUT2D eigenvalue weighted by atomic mass is 10.1. The number of halogens is 5. The Morgan fingerprint density at radius 1 is 1.29 bits per heavy atom. The molecule has 2 rings (SSSR count). The fraction of sp³-hybridized carbons (Fsp3) is 0.200. The van der Waals surface area contributed by atoms with Crippen molar-refractivity contribution < 1.29 is 22.0 Å². The summed E-state index contributed by atoms with van der Waals surface area (Å²) in [4.78, 5) is 3.49. The van der Waals surface area contributed by atoms with Crippen molar-refractivity contribution in [2.75, 3.05) is 0 Å². The Balaban J connectivity index is 2.64. The predicted octanol–water partition coefficient (Wildman–Crippen LogP) is 3.12. The molecule has 0 unspecified atom stereocenters. The number of aromatic nitrogens is 2. The van der Waals surface area contributed by atoms with Crippen LogP contribution in [0.15, 0.2) is 18.5 Å². The molecule has 0 aliphatic carbocycles. The van der Waals surface area contributed by atoms with Gasteiger partial charge >= 0.3 is 6.18 Å². The molecule has 0 saturated carbocycles. The summed E-state index contributed by atoms with van der Waals surface area (Å²) in [6, 6.07) is 0.565. The lowest BCUT2D eigenvalue weighted by Gasteiger charge is -2.14. The van der Waals surface area contributed by atoms with Crippen molar-refractivity contribution in [1.29, 1.82) is 0 Å². The molecule has 7 heteroatoms. The zero-order valence-corrected chi connectivity index (χ0v) is 8.52. The lowest BCUT2D eigenvalue weighted by Crippen LogP contribution is -2.20. The summed E-state index contributed by atoms with van der Waals surface area (Å²) >= 11 is 0. The van der Waals surface area contributed by atoms with Crippen molar-refractivity contribution in [2.45, 2.75) is 13.1 Å². The highest BCUT2D eigenvalue weighted by Gasteiger charge is 2.40. The van der Waals surface area contributed by atoms with E-state index in [0.717, 1.165) is 23.7 Å². The van der Waals surface area contributed by atoms with Crippen LogP contribution in [0.4, 0.5) is 22.0 Å². The van der Waals surface area contributed by atoms with Crippen molar-refractivity contribution in [3.63, 3.8) is 0 Å². The highest BCUT2D eigenvalue weighted by Crippen LogP contribution is 2.33. The summed E-state index contributed by atoms with van der Waals surface area (Å²) in [5.74, 6) is -2.94. The summed E-state index contributed by atoms with van der Waals surface area (Å²) < 4.78 is 64.3. The van der Waals surface area contributed by atoms with Gasteiger partial charge in [-0.3, -0.25) is 4.40 Å². The Hall–Kier alpha value is -1.66. The Morgan fingerprint density at radius 2 is 1.94 bits per heavy atom. The second kappa shape index (κ2) is 3.68. The molecule has 0 N–H and O–H groups in total. The molecule has 17 heavy (non-hydrogen) atoms. The Kier molecular flexibility index (Phi) is 2.56. The van der Waals surface area contributed by atoms with Gasteiger partial charge in [-0.2, -0.15) is 13.2 Å². The first kappa shape index (κ1) is 11.8. The first-order chi connectivity index (χ1) is 7.80. The average molecular weight is 249 g/mol. The number of hydrogen-bond acceptors (Lipinski definition) is 1. The minimum absolute atomic E-state index is 0.343. The summed E-state index contributed by atoms with van der Waals surface area (Å²) in [6.07, 6.45) is -2.95. The van der Waals surface area contributed by atoms with E-state index in [2.05, 4.69) is 4.98 Å². The van der Waals surface area contributed by atoms with E-state index in [1.54, 1.807) is 0 Å². The van der Waals surface area contributed by atoms with Gasteiger partial charge in [0.2, 0.25) is 0 Å². The van der Waals surface area contributed by atoms with Crippen LogP contribution in [0, 0.1) is 17.6 Å². The summed E-state index contributed by atoms with van der Waals surface area (Å²) in [7, 11) is 0. The number of imidazole rings is 1. The van der Waals surface area contributed by atoms with Crippen LogP contribution >= 0.6 is 0 Å². The third-order valence-corrected chi connectivity index (χ3v) is 2.34. The maximum Gasteiger partial charge on any atom is 0.400 e. The molecule has 0 bridgehead atoms. The van der Waals surface area contributed by atoms with E-state index < -0.39 is 23.7 Å². The van der Waals surface area contributed by atoms with Crippen LogP contribution in [-0.4, -0.2) is 15.6 Å². The number of nitrogens with zero attached hydrogens (tertiary/aromatic N) is 2. The first-order valence-electron chi connectivity index (χ1n) is 4.54. The maximum atomic E-state index is 13.2. The molecule has 0 atom stereocenters. The molecule has 91 valence electrons. The molecule has 2 aromatic heterocycles. The van der Waals surface area contributed by atoms with E-state index >= 15 is 0 Å².